The Hall–Kier alpha value is -1.36. The van der Waals surface area contributed by atoms with Crippen molar-refractivity contribution in [1.29, 1.82) is 0 Å². The molecule has 0 spiro atoms. The molecule has 0 saturated carbocycles. The molecule has 0 radical (unpaired) electrons. The van der Waals surface area contributed by atoms with Crippen LogP contribution < -0.4 is 0 Å². The molecule has 1 aliphatic rings. The van der Waals surface area contributed by atoms with Gasteiger partial charge in [0.25, 0.3) is 0 Å². The number of ether oxygens (including phenoxy) is 2. The molecular formula is C16H19ClO4. The third kappa shape index (κ3) is 5.16. The Bertz CT molecular complexity index is 523. The summed E-state index contributed by atoms with van der Waals surface area (Å²) in [5.41, 5.74) is 1.74. The van der Waals surface area contributed by atoms with E-state index in [4.69, 9.17) is 26.2 Å². The van der Waals surface area contributed by atoms with Crippen LogP contribution in [0, 0.1) is 0 Å². The summed E-state index contributed by atoms with van der Waals surface area (Å²) in [6, 6.07) is 5.46. The van der Waals surface area contributed by atoms with E-state index in [-0.39, 0.29) is 12.2 Å². The van der Waals surface area contributed by atoms with Crippen LogP contribution in [0.2, 0.25) is 5.02 Å². The van der Waals surface area contributed by atoms with E-state index in [2.05, 4.69) is 6.92 Å². The van der Waals surface area contributed by atoms with Crippen LogP contribution in [0.25, 0.3) is 6.08 Å². The molecule has 0 bridgehead atoms. The van der Waals surface area contributed by atoms with Crippen LogP contribution in [0.4, 0.5) is 0 Å². The number of epoxide rings is 1. The Balaban J connectivity index is 2.21. The lowest BCUT2D eigenvalue weighted by Gasteiger charge is -2.19. The average Bonchev–Trinajstić information content (AvgIpc) is 3.26. The van der Waals surface area contributed by atoms with Crippen LogP contribution in [0.5, 0.6) is 0 Å². The van der Waals surface area contributed by atoms with Crippen molar-refractivity contribution in [3.05, 3.63) is 40.4 Å². The fourth-order valence-electron chi connectivity index (χ4n) is 2.12. The second-order valence-corrected chi connectivity index (χ2v) is 5.45. The molecule has 0 aromatic heterocycles. The van der Waals surface area contributed by atoms with Crippen LogP contribution in [0.1, 0.15) is 37.0 Å². The van der Waals surface area contributed by atoms with Crippen LogP contribution in [0.3, 0.4) is 0 Å². The van der Waals surface area contributed by atoms with Crippen LogP contribution in [-0.2, 0) is 14.3 Å². The average molecular weight is 311 g/mol. The smallest absolute Gasteiger partial charge is 0.328 e. The molecule has 1 N–H and O–H groups in total. The highest BCUT2D eigenvalue weighted by atomic mass is 35.5. The third-order valence-corrected chi connectivity index (χ3v) is 3.47. The molecule has 1 aliphatic heterocycles. The molecule has 2 atom stereocenters. The molecular weight excluding hydrogens is 292 g/mol. The number of aliphatic carboxylic acids is 1. The first-order valence-corrected chi connectivity index (χ1v) is 7.41. The quantitative estimate of drug-likeness (QED) is 0.587. The van der Waals surface area contributed by atoms with Gasteiger partial charge in [0, 0.05) is 11.1 Å². The van der Waals surface area contributed by atoms with Gasteiger partial charge in [-0.05, 0) is 35.8 Å². The number of benzene rings is 1. The van der Waals surface area contributed by atoms with Gasteiger partial charge in [-0.1, -0.05) is 31.0 Å². The number of carbonyl (C=O) groups is 1. The molecule has 2 rings (SSSR count). The van der Waals surface area contributed by atoms with Crippen LogP contribution >= 0.6 is 11.6 Å². The molecule has 0 amide bonds. The molecule has 1 aromatic carbocycles. The predicted octanol–water partition coefficient (Wildman–Crippen LogP) is 3.69. The van der Waals surface area contributed by atoms with E-state index in [1.807, 2.05) is 6.07 Å². The number of carboxylic acid groups (broad SMARTS) is 1. The highest BCUT2D eigenvalue weighted by Crippen LogP contribution is 2.30. The van der Waals surface area contributed by atoms with Crippen molar-refractivity contribution in [3.8, 4) is 0 Å². The summed E-state index contributed by atoms with van der Waals surface area (Å²) in [7, 11) is 0. The molecule has 1 saturated heterocycles. The molecule has 1 aromatic rings. The van der Waals surface area contributed by atoms with Gasteiger partial charge < -0.3 is 14.6 Å². The lowest BCUT2D eigenvalue weighted by Crippen LogP contribution is -2.10. The molecule has 1 fully saturated rings. The monoisotopic (exact) mass is 310 g/mol. The van der Waals surface area contributed by atoms with E-state index in [0.29, 0.717) is 11.6 Å². The van der Waals surface area contributed by atoms with E-state index in [1.165, 1.54) is 0 Å². The van der Waals surface area contributed by atoms with Gasteiger partial charge in [0.05, 0.1) is 19.3 Å². The maximum absolute atomic E-state index is 10.7. The number of hydrogen-bond donors (Lipinski definition) is 1. The van der Waals surface area contributed by atoms with E-state index < -0.39 is 5.97 Å². The minimum Gasteiger partial charge on any atom is -0.478 e. The number of rotatable bonds is 8. The Labute approximate surface area is 129 Å². The highest BCUT2D eigenvalue weighted by molar-refractivity contribution is 6.30. The summed E-state index contributed by atoms with van der Waals surface area (Å²) < 4.78 is 11.1. The van der Waals surface area contributed by atoms with Gasteiger partial charge in [-0.25, -0.2) is 4.79 Å². The lowest BCUT2D eigenvalue weighted by molar-refractivity contribution is -0.131. The van der Waals surface area contributed by atoms with Gasteiger partial charge in [0.15, 0.2) is 0 Å². The molecule has 21 heavy (non-hydrogen) atoms. The molecule has 0 aliphatic carbocycles. The Morgan fingerprint density at radius 2 is 2.38 bits per heavy atom. The predicted molar refractivity (Wildman–Crippen MR) is 81.5 cm³/mol. The molecule has 114 valence electrons. The lowest BCUT2D eigenvalue weighted by atomic mass is 9.98. The summed E-state index contributed by atoms with van der Waals surface area (Å²) in [5.74, 6) is -0.986. The minimum absolute atomic E-state index is 0.0788. The van der Waals surface area contributed by atoms with Crippen molar-refractivity contribution >= 4 is 23.6 Å². The first-order valence-electron chi connectivity index (χ1n) is 7.03. The molecule has 1 heterocycles. The van der Waals surface area contributed by atoms with E-state index in [9.17, 15) is 4.79 Å². The maximum atomic E-state index is 10.7. The summed E-state index contributed by atoms with van der Waals surface area (Å²) in [6.45, 7) is 3.41. The van der Waals surface area contributed by atoms with Crippen molar-refractivity contribution in [3.63, 3.8) is 0 Å². The summed E-state index contributed by atoms with van der Waals surface area (Å²) in [6.07, 6.45) is 4.63. The fraction of sp³-hybridized carbons (Fsp3) is 0.438. The first-order chi connectivity index (χ1) is 10.1. The Morgan fingerprint density at radius 1 is 1.62 bits per heavy atom. The topological polar surface area (TPSA) is 59.1 Å². The van der Waals surface area contributed by atoms with E-state index >= 15 is 0 Å². The van der Waals surface area contributed by atoms with Crippen LogP contribution in [0.15, 0.2) is 24.3 Å². The van der Waals surface area contributed by atoms with Gasteiger partial charge in [0.1, 0.15) is 6.10 Å². The first kappa shape index (κ1) is 16.0. The normalized spacial score (nSPS) is 18.9. The molecule has 4 nitrogen and oxygen atoms in total. The zero-order valence-electron chi connectivity index (χ0n) is 11.9. The minimum atomic E-state index is -0.986. The molecule has 1 unspecified atom stereocenters. The second kappa shape index (κ2) is 7.59. The van der Waals surface area contributed by atoms with Crippen molar-refractivity contribution in [1.82, 2.24) is 0 Å². The Morgan fingerprint density at radius 3 is 3.00 bits per heavy atom. The third-order valence-electron chi connectivity index (χ3n) is 3.24. The van der Waals surface area contributed by atoms with Crippen molar-refractivity contribution < 1.29 is 19.4 Å². The summed E-state index contributed by atoms with van der Waals surface area (Å²) in [4.78, 5) is 10.7. The number of halogens is 1. The van der Waals surface area contributed by atoms with Gasteiger partial charge in [-0.15, -0.1) is 0 Å². The van der Waals surface area contributed by atoms with Gasteiger partial charge in [-0.2, -0.15) is 0 Å². The fourth-order valence-corrected chi connectivity index (χ4v) is 2.30. The zero-order valence-corrected chi connectivity index (χ0v) is 12.7. The van der Waals surface area contributed by atoms with E-state index in [1.54, 1.807) is 18.2 Å². The van der Waals surface area contributed by atoms with Crippen molar-refractivity contribution in [2.24, 2.45) is 0 Å². The highest BCUT2D eigenvalue weighted by Gasteiger charge is 2.25. The summed E-state index contributed by atoms with van der Waals surface area (Å²) in [5, 5.41) is 9.37. The molecule has 5 heteroatoms. The zero-order chi connectivity index (χ0) is 15.2. The van der Waals surface area contributed by atoms with E-state index in [0.717, 1.165) is 36.7 Å². The van der Waals surface area contributed by atoms with Crippen molar-refractivity contribution in [2.45, 2.75) is 32.0 Å². The summed E-state index contributed by atoms with van der Waals surface area (Å²) >= 11 is 6.01. The van der Waals surface area contributed by atoms with Crippen LogP contribution in [-0.4, -0.2) is 30.4 Å². The maximum Gasteiger partial charge on any atom is 0.328 e. The Kier molecular flexibility index (Phi) is 5.79. The number of carboxylic acids is 1. The van der Waals surface area contributed by atoms with Gasteiger partial charge in [-0.3, -0.25) is 0 Å². The van der Waals surface area contributed by atoms with Gasteiger partial charge >= 0.3 is 5.97 Å². The van der Waals surface area contributed by atoms with Crippen molar-refractivity contribution in [2.75, 3.05) is 13.2 Å². The second-order valence-electron chi connectivity index (χ2n) is 5.01. The number of hydrogen-bond acceptors (Lipinski definition) is 3. The standard InChI is InChI=1S/C16H19ClO4/c1-2-3-15(21-10-13-9-20-13)14-6-5-12(17)8-11(14)4-7-16(18)19/h4-8,13,15H,2-3,9-10H2,1H3,(H,18,19)/b7-4+/t13?,15-/m1/s1. The SMILES string of the molecule is CCC[C@@H](OCC1CO1)c1ccc(Cl)cc1/C=C/C(=O)O. The largest absolute Gasteiger partial charge is 0.478 e. The van der Waals surface area contributed by atoms with Gasteiger partial charge in [0.2, 0.25) is 0 Å².